The molecule has 1 amide bonds. The van der Waals surface area contributed by atoms with Crippen molar-refractivity contribution in [1.29, 1.82) is 0 Å². The Labute approximate surface area is 163 Å². The van der Waals surface area contributed by atoms with E-state index in [9.17, 15) is 9.18 Å². The Morgan fingerprint density at radius 3 is 2.89 bits per heavy atom. The standard InChI is InChI=1S/C22H23FN4O/c23-19-6-1-4-17(10-19)11-22(28)25-13-21-16-26-9-3-7-20(26)15-27(21)14-18-5-2-8-24-12-18/h1-10,12,21H,11,13-16H2,(H,25,28). The molecular formula is C22H23FN4O. The number of amides is 1. The molecule has 1 unspecified atom stereocenters. The zero-order chi connectivity index (χ0) is 19.3. The molecule has 0 radical (unpaired) electrons. The maximum atomic E-state index is 13.3. The summed E-state index contributed by atoms with van der Waals surface area (Å²) in [6, 6.07) is 14.6. The van der Waals surface area contributed by atoms with Crippen LogP contribution in [-0.4, -0.2) is 32.9 Å². The van der Waals surface area contributed by atoms with E-state index in [1.807, 2.05) is 12.3 Å². The molecule has 1 aromatic carbocycles. The van der Waals surface area contributed by atoms with Crippen molar-refractivity contribution < 1.29 is 9.18 Å². The Balaban J connectivity index is 1.41. The van der Waals surface area contributed by atoms with Crippen molar-refractivity contribution in [2.75, 3.05) is 6.54 Å². The Morgan fingerprint density at radius 1 is 1.18 bits per heavy atom. The van der Waals surface area contributed by atoms with Gasteiger partial charge in [-0.1, -0.05) is 18.2 Å². The highest BCUT2D eigenvalue weighted by atomic mass is 19.1. The van der Waals surface area contributed by atoms with Gasteiger partial charge < -0.3 is 9.88 Å². The first-order valence-electron chi connectivity index (χ1n) is 9.45. The van der Waals surface area contributed by atoms with Gasteiger partial charge in [0.05, 0.1) is 6.42 Å². The number of fused-ring (bicyclic) bond motifs is 1. The molecule has 1 N–H and O–H groups in total. The van der Waals surface area contributed by atoms with Gasteiger partial charge in [-0.05, 0) is 41.5 Å². The normalized spacial score (nSPS) is 16.5. The van der Waals surface area contributed by atoms with Crippen molar-refractivity contribution in [3.63, 3.8) is 0 Å². The predicted molar refractivity (Wildman–Crippen MR) is 105 cm³/mol. The summed E-state index contributed by atoms with van der Waals surface area (Å²) in [6.45, 7) is 2.98. The van der Waals surface area contributed by atoms with Crippen LogP contribution in [0.15, 0.2) is 67.1 Å². The van der Waals surface area contributed by atoms with Crippen LogP contribution >= 0.6 is 0 Å². The van der Waals surface area contributed by atoms with Crippen molar-refractivity contribution in [2.45, 2.75) is 32.1 Å². The summed E-state index contributed by atoms with van der Waals surface area (Å²) in [5, 5.41) is 3.03. The molecule has 1 aliphatic heterocycles. The molecule has 0 saturated heterocycles. The first kappa shape index (κ1) is 18.4. The molecule has 3 heterocycles. The maximum absolute atomic E-state index is 13.3. The number of rotatable bonds is 6. The van der Waals surface area contributed by atoms with Crippen LogP contribution in [0.25, 0.3) is 0 Å². The minimum atomic E-state index is -0.319. The van der Waals surface area contributed by atoms with Gasteiger partial charge in [-0.15, -0.1) is 0 Å². The fourth-order valence-electron chi connectivity index (χ4n) is 3.68. The number of pyridine rings is 1. The molecule has 0 spiro atoms. The monoisotopic (exact) mass is 378 g/mol. The Hall–Kier alpha value is -2.99. The van der Waals surface area contributed by atoms with E-state index in [0.29, 0.717) is 12.1 Å². The van der Waals surface area contributed by atoms with Crippen LogP contribution < -0.4 is 5.32 Å². The SMILES string of the molecule is O=C(Cc1cccc(F)c1)NCC1Cn2cccc2CN1Cc1cccnc1. The molecule has 144 valence electrons. The number of halogens is 1. The summed E-state index contributed by atoms with van der Waals surface area (Å²) in [6.07, 6.45) is 5.92. The lowest BCUT2D eigenvalue weighted by atomic mass is 10.1. The van der Waals surface area contributed by atoms with E-state index in [1.165, 1.54) is 17.8 Å². The van der Waals surface area contributed by atoms with Crippen LogP contribution in [0.5, 0.6) is 0 Å². The van der Waals surface area contributed by atoms with Gasteiger partial charge in [0.25, 0.3) is 0 Å². The molecule has 0 fully saturated rings. The number of aromatic nitrogens is 2. The van der Waals surface area contributed by atoms with Crippen LogP contribution in [-0.2, 0) is 30.8 Å². The Morgan fingerprint density at radius 2 is 2.07 bits per heavy atom. The van der Waals surface area contributed by atoms with E-state index in [4.69, 9.17) is 0 Å². The van der Waals surface area contributed by atoms with Crippen molar-refractivity contribution in [1.82, 2.24) is 19.8 Å². The van der Waals surface area contributed by atoms with Crippen molar-refractivity contribution >= 4 is 5.91 Å². The van der Waals surface area contributed by atoms with Gasteiger partial charge in [0.15, 0.2) is 0 Å². The highest BCUT2D eigenvalue weighted by Crippen LogP contribution is 2.20. The zero-order valence-electron chi connectivity index (χ0n) is 15.6. The minimum absolute atomic E-state index is 0.0924. The Bertz CT molecular complexity index is 940. The maximum Gasteiger partial charge on any atom is 0.224 e. The van der Waals surface area contributed by atoms with Gasteiger partial charge in [0, 0.05) is 56.5 Å². The Kier molecular flexibility index (Phi) is 5.48. The van der Waals surface area contributed by atoms with Gasteiger partial charge in [0.1, 0.15) is 5.82 Å². The van der Waals surface area contributed by atoms with Crippen LogP contribution in [0, 0.1) is 5.82 Å². The van der Waals surface area contributed by atoms with E-state index in [-0.39, 0.29) is 24.2 Å². The quantitative estimate of drug-likeness (QED) is 0.718. The summed E-state index contributed by atoms with van der Waals surface area (Å²) < 4.78 is 15.6. The van der Waals surface area contributed by atoms with Gasteiger partial charge in [-0.2, -0.15) is 0 Å². The second-order valence-electron chi connectivity index (χ2n) is 7.18. The molecule has 28 heavy (non-hydrogen) atoms. The van der Waals surface area contributed by atoms with E-state index in [2.05, 4.69) is 44.2 Å². The number of nitrogens with one attached hydrogen (secondary N) is 1. The van der Waals surface area contributed by atoms with Crippen molar-refractivity contribution in [2.24, 2.45) is 0 Å². The summed E-state index contributed by atoms with van der Waals surface area (Å²) >= 11 is 0. The lowest BCUT2D eigenvalue weighted by Gasteiger charge is -2.37. The van der Waals surface area contributed by atoms with Gasteiger partial charge in [-0.25, -0.2) is 4.39 Å². The third-order valence-corrected chi connectivity index (χ3v) is 5.11. The molecular weight excluding hydrogens is 355 g/mol. The molecule has 1 atom stereocenters. The first-order chi connectivity index (χ1) is 13.7. The largest absolute Gasteiger partial charge is 0.354 e. The molecule has 0 saturated carbocycles. The molecule has 6 heteroatoms. The minimum Gasteiger partial charge on any atom is -0.354 e. The van der Waals surface area contributed by atoms with Gasteiger partial charge in [-0.3, -0.25) is 14.7 Å². The molecule has 1 aliphatic rings. The predicted octanol–water partition coefficient (Wildman–Crippen LogP) is 2.77. The summed E-state index contributed by atoms with van der Waals surface area (Å²) in [5.41, 5.74) is 3.10. The molecule has 4 rings (SSSR count). The molecule has 0 aliphatic carbocycles. The van der Waals surface area contributed by atoms with E-state index < -0.39 is 0 Å². The fraction of sp³-hybridized carbons (Fsp3) is 0.273. The van der Waals surface area contributed by atoms with Crippen LogP contribution in [0.2, 0.25) is 0 Å². The average molecular weight is 378 g/mol. The van der Waals surface area contributed by atoms with Crippen molar-refractivity contribution in [3.05, 3.63) is 89.8 Å². The lowest BCUT2D eigenvalue weighted by Crippen LogP contribution is -2.48. The topological polar surface area (TPSA) is 50.2 Å². The summed E-state index contributed by atoms with van der Waals surface area (Å²) in [5.74, 6) is -0.411. The first-order valence-corrected chi connectivity index (χ1v) is 9.45. The summed E-state index contributed by atoms with van der Waals surface area (Å²) in [4.78, 5) is 18.9. The molecule has 0 bridgehead atoms. The lowest BCUT2D eigenvalue weighted by molar-refractivity contribution is -0.120. The molecule has 3 aromatic rings. The highest BCUT2D eigenvalue weighted by molar-refractivity contribution is 5.78. The second-order valence-corrected chi connectivity index (χ2v) is 7.18. The third kappa shape index (κ3) is 4.46. The second kappa shape index (κ2) is 8.35. The number of benzene rings is 1. The zero-order valence-corrected chi connectivity index (χ0v) is 15.6. The number of nitrogens with zero attached hydrogens (tertiary/aromatic N) is 3. The third-order valence-electron chi connectivity index (χ3n) is 5.11. The number of carbonyl (C=O) groups excluding carboxylic acids is 1. The van der Waals surface area contributed by atoms with E-state index in [1.54, 1.807) is 18.3 Å². The highest BCUT2D eigenvalue weighted by Gasteiger charge is 2.26. The van der Waals surface area contributed by atoms with Crippen molar-refractivity contribution in [3.8, 4) is 0 Å². The number of hydrogen-bond acceptors (Lipinski definition) is 3. The number of carbonyl (C=O) groups is 1. The smallest absolute Gasteiger partial charge is 0.224 e. The van der Waals surface area contributed by atoms with Gasteiger partial charge in [0.2, 0.25) is 5.91 Å². The number of hydrogen-bond donors (Lipinski definition) is 1. The van der Waals surface area contributed by atoms with E-state index in [0.717, 1.165) is 25.2 Å². The fourth-order valence-corrected chi connectivity index (χ4v) is 3.68. The average Bonchev–Trinajstić information content (AvgIpc) is 3.14. The van der Waals surface area contributed by atoms with Crippen LogP contribution in [0.4, 0.5) is 4.39 Å². The summed E-state index contributed by atoms with van der Waals surface area (Å²) in [7, 11) is 0. The molecule has 2 aromatic heterocycles. The molecule has 5 nitrogen and oxygen atoms in total. The van der Waals surface area contributed by atoms with Crippen LogP contribution in [0.3, 0.4) is 0 Å². The van der Waals surface area contributed by atoms with E-state index >= 15 is 0 Å². The van der Waals surface area contributed by atoms with Crippen LogP contribution in [0.1, 0.15) is 16.8 Å². The van der Waals surface area contributed by atoms with Gasteiger partial charge >= 0.3 is 0 Å².